The Bertz CT molecular complexity index is 125. The van der Waals surface area contributed by atoms with Crippen molar-refractivity contribution in [1.82, 2.24) is 4.90 Å². The molecule has 0 spiro atoms. The van der Waals surface area contributed by atoms with E-state index in [0.29, 0.717) is 12.1 Å². The first kappa shape index (κ1) is 10.0. The molecule has 1 aliphatic rings. The Morgan fingerprint density at radius 2 is 2.25 bits per heavy atom. The van der Waals surface area contributed by atoms with Crippen LogP contribution in [-0.4, -0.2) is 36.7 Å². The lowest BCUT2D eigenvalue weighted by molar-refractivity contribution is 0.0478. The van der Waals surface area contributed by atoms with Gasteiger partial charge in [0.05, 0.1) is 6.10 Å². The molecule has 1 atom stereocenters. The van der Waals surface area contributed by atoms with Crippen molar-refractivity contribution in [3.05, 3.63) is 0 Å². The minimum absolute atomic E-state index is 0.467. The van der Waals surface area contributed by atoms with Crippen molar-refractivity contribution >= 4 is 0 Å². The van der Waals surface area contributed by atoms with E-state index in [0.717, 1.165) is 19.6 Å². The van der Waals surface area contributed by atoms with Gasteiger partial charge >= 0.3 is 0 Å². The van der Waals surface area contributed by atoms with Gasteiger partial charge in [-0.05, 0) is 26.7 Å². The summed E-state index contributed by atoms with van der Waals surface area (Å²) >= 11 is 0. The summed E-state index contributed by atoms with van der Waals surface area (Å²) in [5.41, 5.74) is 0. The van der Waals surface area contributed by atoms with E-state index in [1.807, 2.05) is 0 Å². The second kappa shape index (κ2) is 4.83. The molecule has 0 aromatic carbocycles. The van der Waals surface area contributed by atoms with Gasteiger partial charge in [-0.3, -0.25) is 4.90 Å². The fourth-order valence-corrected chi connectivity index (χ4v) is 1.64. The van der Waals surface area contributed by atoms with Crippen molar-refractivity contribution in [1.29, 1.82) is 0 Å². The van der Waals surface area contributed by atoms with Crippen molar-refractivity contribution in [3.63, 3.8) is 0 Å². The molecule has 0 saturated carbocycles. The Kier molecular flexibility index (Phi) is 4.02. The second-order valence-electron chi connectivity index (χ2n) is 3.84. The minimum atomic E-state index is 0.467. The third kappa shape index (κ3) is 2.76. The Morgan fingerprint density at radius 3 is 2.83 bits per heavy atom. The summed E-state index contributed by atoms with van der Waals surface area (Å²) < 4.78 is 5.69. The van der Waals surface area contributed by atoms with Crippen molar-refractivity contribution in [2.45, 2.75) is 45.8 Å². The molecule has 0 amide bonds. The van der Waals surface area contributed by atoms with E-state index in [2.05, 4.69) is 25.7 Å². The highest BCUT2D eigenvalue weighted by Gasteiger charge is 2.18. The van der Waals surface area contributed by atoms with E-state index in [9.17, 15) is 0 Å². The topological polar surface area (TPSA) is 12.5 Å². The van der Waals surface area contributed by atoms with Gasteiger partial charge in [0.1, 0.15) is 0 Å². The Labute approximate surface area is 75.9 Å². The molecule has 0 N–H and O–H groups in total. The molecule has 2 nitrogen and oxygen atoms in total. The van der Waals surface area contributed by atoms with Crippen LogP contribution in [0.15, 0.2) is 0 Å². The first-order valence-electron chi connectivity index (χ1n) is 5.09. The van der Waals surface area contributed by atoms with Gasteiger partial charge in [0, 0.05) is 25.7 Å². The lowest BCUT2D eigenvalue weighted by atomic mass is 10.2. The van der Waals surface area contributed by atoms with Gasteiger partial charge < -0.3 is 4.74 Å². The third-order valence-electron chi connectivity index (χ3n) is 2.57. The summed E-state index contributed by atoms with van der Waals surface area (Å²) in [6.45, 7) is 9.99. The molecule has 12 heavy (non-hydrogen) atoms. The quantitative estimate of drug-likeness (QED) is 0.629. The Morgan fingerprint density at radius 1 is 1.50 bits per heavy atom. The van der Waals surface area contributed by atoms with Crippen LogP contribution in [0.5, 0.6) is 0 Å². The predicted octanol–water partition coefficient (Wildman–Crippen LogP) is 1.90. The molecule has 72 valence electrons. The highest BCUT2D eigenvalue weighted by atomic mass is 16.5. The summed E-state index contributed by atoms with van der Waals surface area (Å²) in [5.74, 6) is 0. The van der Waals surface area contributed by atoms with Gasteiger partial charge in [0.15, 0.2) is 0 Å². The Hall–Kier alpha value is -0.0800. The predicted molar refractivity (Wildman–Crippen MR) is 51.4 cm³/mol. The lowest BCUT2D eigenvalue weighted by Gasteiger charge is -2.26. The van der Waals surface area contributed by atoms with Crippen LogP contribution in [0.4, 0.5) is 0 Å². The number of ether oxygens (including phenoxy) is 1. The zero-order chi connectivity index (χ0) is 8.97. The van der Waals surface area contributed by atoms with Crippen molar-refractivity contribution in [2.75, 3.05) is 19.7 Å². The zero-order valence-electron chi connectivity index (χ0n) is 8.55. The molecule has 1 saturated heterocycles. The fourth-order valence-electron chi connectivity index (χ4n) is 1.64. The van der Waals surface area contributed by atoms with E-state index in [4.69, 9.17) is 4.74 Å². The molecule has 0 radical (unpaired) electrons. The summed E-state index contributed by atoms with van der Waals surface area (Å²) in [6.07, 6.45) is 2.80. The number of hydrogen-bond acceptors (Lipinski definition) is 2. The number of nitrogens with zero attached hydrogens (tertiary/aromatic N) is 1. The van der Waals surface area contributed by atoms with E-state index >= 15 is 0 Å². The molecule has 1 rings (SSSR count). The van der Waals surface area contributed by atoms with Gasteiger partial charge in [0.2, 0.25) is 0 Å². The maximum atomic E-state index is 5.69. The van der Waals surface area contributed by atoms with Crippen molar-refractivity contribution < 1.29 is 4.74 Å². The average Bonchev–Trinajstić information content (AvgIpc) is 2.28. The molecule has 0 aromatic rings. The van der Waals surface area contributed by atoms with Crippen LogP contribution in [-0.2, 0) is 4.74 Å². The summed E-state index contributed by atoms with van der Waals surface area (Å²) in [7, 11) is 0. The summed E-state index contributed by atoms with van der Waals surface area (Å²) in [4.78, 5) is 2.52. The SMILES string of the molecule is CCC1CN(C(C)C)CCCO1. The first-order valence-corrected chi connectivity index (χ1v) is 5.09. The molecule has 0 aliphatic carbocycles. The van der Waals surface area contributed by atoms with Crippen LogP contribution in [0, 0.1) is 0 Å². The molecular weight excluding hydrogens is 150 g/mol. The molecule has 2 heteroatoms. The molecule has 0 aromatic heterocycles. The van der Waals surface area contributed by atoms with Crippen LogP contribution < -0.4 is 0 Å². The normalized spacial score (nSPS) is 27.5. The molecule has 1 unspecified atom stereocenters. The molecular formula is C10H21NO. The monoisotopic (exact) mass is 171 g/mol. The van der Waals surface area contributed by atoms with Crippen LogP contribution >= 0.6 is 0 Å². The average molecular weight is 171 g/mol. The fraction of sp³-hybridized carbons (Fsp3) is 1.00. The van der Waals surface area contributed by atoms with Crippen LogP contribution in [0.3, 0.4) is 0 Å². The van der Waals surface area contributed by atoms with Crippen molar-refractivity contribution in [2.24, 2.45) is 0 Å². The van der Waals surface area contributed by atoms with E-state index in [-0.39, 0.29) is 0 Å². The van der Waals surface area contributed by atoms with E-state index in [1.54, 1.807) is 0 Å². The van der Waals surface area contributed by atoms with Gasteiger partial charge in [-0.25, -0.2) is 0 Å². The Balaban J connectivity index is 2.42. The van der Waals surface area contributed by atoms with E-state index in [1.165, 1.54) is 13.0 Å². The van der Waals surface area contributed by atoms with Crippen molar-refractivity contribution in [3.8, 4) is 0 Å². The number of hydrogen-bond donors (Lipinski definition) is 0. The smallest absolute Gasteiger partial charge is 0.0699 e. The summed E-state index contributed by atoms with van der Waals surface area (Å²) in [6, 6.07) is 0.667. The molecule has 1 aliphatic heterocycles. The van der Waals surface area contributed by atoms with Gasteiger partial charge in [-0.1, -0.05) is 6.92 Å². The van der Waals surface area contributed by atoms with E-state index < -0.39 is 0 Å². The minimum Gasteiger partial charge on any atom is -0.377 e. The maximum absolute atomic E-state index is 5.69. The first-order chi connectivity index (χ1) is 5.74. The highest BCUT2D eigenvalue weighted by Crippen LogP contribution is 2.10. The van der Waals surface area contributed by atoms with Crippen LogP contribution in [0.25, 0.3) is 0 Å². The van der Waals surface area contributed by atoms with Crippen LogP contribution in [0.2, 0.25) is 0 Å². The standard InChI is InChI=1S/C10H21NO/c1-4-10-8-11(9(2)3)6-5-7-12-10/h9-10H,4-8H2,1-3H3. The largest absolute Gasteiger partial charge is 0.377 e. The van der Waals surface area contributed by atoms with Gasteiger partial charge in [-0.2, -0.15) is 0 Å². The van der Waals surface area contributed by atoms with Crippen LogP contribution in [0.1, 0.15) is 33.6 Å². The number of rotatable bonds is 2. The molecule has 0 bridgehead atoms. The highest BCUT2D eigenvalue weighted by molar-refractivity contribution is 4.71. The summed E-state index contributed by atoms with van der Waals surface area (Å²) in [5, 5.41) is 0. The van der Waals surface area contributed by atoms with Gasteiger partial charge in [-0.15, -0.1) is 0 Å². The zero-order valence-corrected chi connectivity index (χ0v) is 8.55. The third-order valence-corrected chi connectivity index (χ3v) is 2.57. The maximum Gasteiger partial charge on any atom is 0.0699 e. The second-order valence-corrected chi connectivity index (χ2v) is 3.84. The lowest BCUT2D eigenvalue weighted by Crippen LogP contribution is -2.36. The molecule has 1 fully saturated rings. The molecule has 1 heterocycles. The van der Waals surface area contributed by atoms with Gasteiger partial charge in [0.25, 0.3) is 0 Å².